The zero-order chi connectivity index (χ0) is 60.1. The summed E-state index contributed by atoms with van der Waals surface area (Å²) >= 11 is 9.23. The quantitative estimate of drug-likeness (QED) is 0.0413. The van der Waals surface area contributed by atoms with Gasteiger partial charge in [0.2, 0.25) is 11.8 Å². The van der Waals surface area contributed by atoms with Crippen LogP contribution in [0.25, 0.3) is 49.1 Å². The van der Waals surface area contributed by atoms with Crippen molar-refractivity contribution in [1.82, 2.24) is 45.7 Å². The lowest BCUT2D eigenvalue weighted by Crippen LogP contribution is -2.57. The number of aromatic nitrogens is 5. The van der Waals surface area contributed by atoms with Gasteiger partial charge in [-0.3, -0.25) is 14.7 Å². The average molecular weight is 1200 g/mol. The number of nitrogens with one attached hydrogen (secondary N) is 3. The number of hydrogen-bond acceptors (Lipinski definition) is 17. The molecule has 13 rings (SSSR count). The van der Waals surface area contributed by atoms with Gasteiger partial charge >= 0.3 is 6.01 Å². The van der Waals surface area contributed by atoms with E-state index in [9.17, 15) is 9.59 Å². The predicted octanol–water partition coefficient (Wildman–Crippen LogP) is 9.72. The number of aliphatic hydroxyl groups excluding tert-OH is 1. The SMILES string of the molecule is CC.CC.CO.Cc1ncsc1-c1ccc(CNC(=O)C2CCCN2C(=O)C(C2CCC2)N(N)/C=C(\N)c2ccc(COc3c(-c4c(C)c(F)cc5[nH]ncc45)c(Cl)c4c5c(nc(OC6CCOCC6)nc35)N3C5CNC(C5)C3CO4)cc2)cc1. The first kappa shape index (κ1) is 61.0. The molecule has 4 saturated heterocycles. The third kappa shape index (κ3) is 12.1. The molecule has 2 amide bonds. The molecule has 0 radical (unpaired) electrons. The van der Waals surface area contributed by atoms with Gasteiger partial charge in [0, 0.05) is 74.4 Å². The van der Waals surface area contributed by atoms with Crippen molar-refractivity contribution < 1.29 is 38.0 Å². The lowest BCUT2D eigenvalue weighted by Gasteiger charge is -2.40. The zero-order valence-corrected chi connectivity index (χ0v) is 51.0. The fourth-order valence-corrected chi connectivity index (χ4v) is 13.7. The number of benzene rings is 4. The summed E-state index contributed by atoms with van der Waals surface area (Å²) in [4.78, 5) is 48.2. The van der Waals surface area contributed by atoms with E-state index in [-0.39, 0.29) is 59.6 Å². The van der Waals surface area contributed by atoms with Gasteiger partial charge < -0.3 is 55.2 Å². The van der Waals surface area contributed by atoms with Crippen molar-refractivity contribution in [3.05, 3.63) is 111 Å². The van der Waals surface area contributed by atoms with E-state index in [0.29, 0.717) is 126 Å². The summed E-state index contributed by atoms with van der Waals surface area (Å²) in [6, 6.07) is 16.3. The monoisotopic (exact) mass is 1200 g/mol. The summed E-state index contributed by atoms with van der Waals surface area (Å²) in [6.07, 6.45) is 9.38. The number of H-pyrrole nitrogens is 1. The fourth-order valence-electron chi connectivity index (χ4n) is 12.5. The molecule has 19 nitrogen and oxygen atoms in total. The first-order valence-electron chi connectivity index (χ1n) is 29.8. The molecule has 5 aliphatic heterocycles. The maximum atomic E-state index is 16.1. The number of hydrazine groups is 1. The Morgan fingerprint density at radius 3 is 2.45 bits per heavy atom. The molecule has 3 aromatic heterocycles. The van der Waals surface area contributed by atoms with E-state index < -0.39 is 17.9 Å². The number of nitrogens with two attached hydrogens (primary N) is 2. The van der Waals surface area contributed by atoms with Crippen molar-refractivity contribution in [2.45, 2.75) is 142 Å². The van der Waals surface area contributed by atoms with E-state index >= 15 is 4.39 Å². The lowest BCUT2D eigenvalue weighted by molar-refractivity contribution is -0.144. The molecule has 4 aromatic carbocycles. The number of ether oxygens (including phenoxy) is 4. The number of likely N-dealkylation sites (tertiary alicyclic amines) is 1. The maximum Gasteiger partial charge on any atom is 0.319 e. The summed E-state index contributed by atoms with van der Waals surface area (Å²) < 4.78 is 42.1. The highest BCUT2D eigenvalue weighted by Gasteiger charge is 2.50. The molecule has 5 fully saturated rings. The number of carbonyl (C=O) groups is 2. The van der Waals surface area contributed by atoms with Crippen molar-refractivity contribution in [3.63, 3.8) is 0 Å². The van der Waals surface area contributed by atoms with Crippen LogP contribution in [0.3, 0.4) is 0 Å². The van der Waals surface area contributed by atoms with Crippen LogP contribution in [-0.2, 0) is 27.5 Å². The minimum atomic E-state index is -0.700. The van der Waals surface area contributed by atoms with E-state index in [4.69, 9.17) is 57.2 Å². The number of thiazole rings is 1. The van der Waals surface area contributed by atoms with Crippen LogP contribution in [0.5, 0.6) is 17.5 Å². The molecule has 0 spiro atoms. The number of carbonyl (C=O) groups excluding carboxylic acids is 2. The number of amides is 2. The first-order valence-corrected chi connectivity index (χ1v) is 31.1. The van der Waals surface area contributed by atoms with E-state index in [1.54, 1.807) is 35.6 Å². The molecule has 1 aliphatic carbocycles. The van der Waals surface area contributed by atoms with Gasteiger partial charge in [0.1, 0.15) is 48.6 Å². The number of hydrogen-bond donors (Lipinski definition) is 6. The highest BCUT2D eigenvalue weighted by Crippen LogP contribution is 2.55. The Labute approximate surface area is 504 Å². The Balaban J connectivity index is 0.00000130. The van der Waals surface area contributed by atoms with Gasteiger partial charge in [-0.1, -0.05) is 94.2 Å². The normalized spacial score (nSPS) is 20.2. The molecule has 5 atom stereocenters. The van der Waals surface area contributed by atoms with Gasteiger partial charge in [0.25, 0.3) is 0 Å². The number of aliphatic hydroxyl groups is 1. The van der Waals surface area contributed by atoms with Crippen LogP contribution in [0, 0.1) is 25.6 Å². The van der Waals surface area contributed by atoms with Crippen molar-refractivity contribution in [2.24, 2.45) is 17.5 Å². The van der Waals surface area contributed by atoms with Crippen LogP contribution in [0.2, 0.25) is 5.02 Å². The van der Waals surface area contributed by atoms with Crippen LogP contribution in [0.15, 0.2) is 72.5 Å². The van der Waals surface area contributed by atoms with Crippen molar-refractivity contribution >= 4 is 68.1 Å². The third-order valence-electron chi connectivity index (χ3n) is 17.0. The number of fused-ring (bicyclic) bond motifs is 7. The standard InChI is InChI=1S/C58H62ClFN12O6S.2C2H6.CH4O/c1-30-40(60)22-42-39(25-66-69-42)46(30)47-49(59)52-48-50(67-58(78-38-16-19-75-20-17-38)68-55(48)72-37-21-43(63-24-37)45(72)28-77-52)53(47)76-27-33-10-12-34(13-11-33)41(61)26-71(62)51(35-5-3-6-35)57(74)70-18-4-7-44(70)56(73)64-23-32-8-14-36(15-9-32)54-31(2)65-29-79-54;3*1-2/h8-15,22,25-26,29,35,37-38,43-45,51,63H,3-7,16-21,23-24,27-28,61-62H2,1-2H3,(H,64,73)(H,66,69);2*1-2H3;2H,1H3/b41-26-;;;. The Kier molecular flexibility index (Phi) is 19.4. The Hall–Kier alpha value is -7.14. The molecule has 7 aromatic rings. The molecule has 2 bridgehead atoms. The number of aromatic amines is 1. The molecule has 22 heteroatoms. The van der Waals surface area contributed by atoms with E-state index in [2.05, 4.69) is 30.7 Å². The number of halogens is 2. The van der Waals surface area contributed by atoms with Crippen molar-refractivity contribution in [2.75, 3.05) is 44.9 Å². The smallest absolute Gasteiger partial charge is 0.319 e. The minimum Gasteiger partial charge on any atom is -0.489 e. The lowest BCUT2D eigenvalue weighted by atomic mass is 9.79. The summed E-state index contributed by atoms with van der Waals surface area (Å²) in [5.41, 5.74) is 15.7. The van der Waals surface area contributed by atoms with Gasteiger partial charge in [-0.05, 0) is 85.8 Å². The second kappa shape index (κ2) is 27.1. The second-order valence-electron chi connectivity index (χ2n) is 21.7. The Morgan fingerprint density at radius 1 is 1.00 bits per heavy atom. The zero-order valence-electron chi connectivity index (χ0n) is 49.4. The van der Waals surface area contributed by atoms with E-state index in [0.717, 1.165) is 66.6 Å². The van der Waals surface area contributed by atoms with Gasteiger partial charge in [-0.2, -0.15) is 15.1 Å². The van der Waals surface area contributed by atoms with Gasteiger partial charge in [0.05, 0.1) is 63.2 Å². The molecular weight excluding hydrogens is 1120 g/mol. The van der Waals surface area contributed by atoms with Crippen LogP contribution >= 0.6 is 22.9 Å². The number of aryl methyl sites for hydroxylation is 1. The van der Waals surface area contributed by atoms with Crippen LogP contribution in [-0.4, -0.2) is 128 Å². The van der Waals surface area contributed by atoms with Gasteiger partial charge in [0.15, 0.2) is 11.5 Å². The van der Waals surface area contributed by atoms with Crippen molar-refractivity contribution in [1.29, 1.82) is 0 Å². The molecule has 8 N–H and O–H groups in total. The van der Waals surface area contributed by atoms with Gasteiger partial charge in [-0.15, -0.1) is 11.3 Å². The highest BCUT2D eigenvalue weighted by molar-refractivity contribution is 7.13. The van der Waals surface area contributed by atoms with E-state index in [1.165, 1.54) is 11.1 Å². The number of anilines is 1. The highest BCUT2D eigenvalue weighted by atomic mass is 35.5. The second-order valence-corrected chi connectivity index (χ2v) is 23.0. The number of nitrogens with zero attached hydrogens (tertiary/aromatic N) is 7. The van der Waals surface area contributed by atoms with Crippen LogP contribution < -0.4 is 41.3 Å². The summed E-state index contributed by atoms with van der Waals surface area (Å²) in [5.74, 6) is 7.40. The maximum absolute atomic E-state index is 16.1. The van der Waals surface area contributed by atoms with Crippen LogP contribution in [0.4, 0.5) is 10.2 Å². The molecule has 452 valence electrons. The number of rotatable bonds is 15. The molecule has 6 aliphatic rings. The molecule has 85 heavy (non-hydrogen) atoms. The molecular formula is C63H78ClFN12O7S. The minimum absolute atomic E-state index is 0.00936. The molecule has 8 heterocycles. The summed E-state index contributed by atoms with van der Waals surface area (Å²) in [6.45, 7) is 14.8. The molecule has 5 unspecified atom stereocenters. The predicted molar refractivity (Wildman–Crippen MR) is 331 cm³/mol. The van der Waals surface area contributed by atoms with Crippen molar-refractivity contribution in [3.8, 4) is 39.1 Å². The topological polar surface area (TPSA) is 244 Å². The first-order chi connectivity index (χ1) is 41.5. The summed E-state index contributed by atoms with van der Waals surface area (Å²) in [7, 11) is 1.00. The fraction of sp³-hybridized carbons (Fsp3) is 0.460. The largest absolute Gasteiger partial charge is 0.489 e. The Bertz CT molecular complexity index is 3520. The Morgan fingerprint density at radius 2 is 1.74 bits per heavy atom. The number of piperazine rings is 1. The van der Waals surface area contributed by atoms with Crippen LogP contribution in [0.1, 0.15) is 107 Å². The third-order valence-corrected chi connectivity index (χ3v) is 18.3. The van der Waals surface area contributed by atoms with Gasteiger partial charge in [-0.25, -0.2) is 15.2 Å². The van der Waals surface area contributed by atoms with E-state index in [1.807, 2.05) is 88.7 Å². The molecule has 1 saturated carbocycles. The average Bonchev–Trinajstić information content (AvgIpc) is 1.96. The summed E-state index contributed by atoms with van der Waals surface area (Å²) in [5, 5.41) is 23.9.